The molecule has 0 saturated heterocycles. The Hall–Kier alpha value is -0.530. The molecule has 1 rings (SSSR count). The van der Waals surface area contributed by atoms with Crippen LogP contribution in [-0.2, 0) is 0 Å². The van der Waals surface area contributed by atoms with Crippen molar-refractivity contribution in [1.29, 1.82) is 0 Å². The third-order valence-corrected chi connectivity index (χ3v) is 2.87. The summed E-state index contributed by atoms with van der Waals surface area (Å²) >= 11 is 5.90. The molecule has 0 aliphatic heterocycles. The Labute approximate surface area is 91.3 Å². The van der Waals surface area contributed by atoms with E-state index in [1.165, 1.54) is 6.42 Å². The molecule has 0 aliphatic carbocycles. The highest BCUT2D eigenvalue weighted by Crippen LogP contribution is 2.22. The standard InChI is InChI=1S/C12H18ClN/c1-3-9(2)7-12(14)10-5-4-6-11(13)8-10/h4-6,8-9,12H,3,7,14H2,1-2H3. The number of hydrogen-bond donors (Lipinski definition) is 1. The molecule has 1 aromatic carbocycles. The van der Waals surface area contributed by atoms with Crippen LogP contribution in [-0.4, -0.2) is 0 Å². The summed E-state index contributed by atoms with van der Waals surface area (Å²) in [6, 6.07) is 7.94. The average molecular weight is 212 g/mol. The molecule has 0 aromatic heterocycles. The number of rotatable bonds is 4. The molecule has 0 saturated carbocycles. The van der Waals surface area contributed by atoms with Crippen molar-refractivity contribution in [2.75, 3.05) is 0 Å². The van der Waals surface area contributed by atoms with Crippen LogP contribution in [0.3, 0.4) is 0 Å². The first-order chi connectivity index (χ1) is 6.63. The fraction of sp³-hybridized carbons (Fsp3) is 0.500. The van der Waals surface area contributed by atoms with E-state index in [4.69, 9.17) is 17.3 Å². The second kappa shape index (κ2) is 5.38. The third kappa shape index (κ3) is 3.32. The van der Waals surface area contributed by atoms with Gasteiger partial charge in [-0.2, -0.15) is 0 Å². The average Bonchev–Trinajstić information content (AvgIpc) is 2.17. The summed E-state index contributed by atoms with van der Waals surface area (Å²) in [5.41, 5.74) is 7.22. The largest absolute Gasteiger partial charge is 0.324 e. The predicted molar refractivity (Wildman–Crippen MR) is 62.5 cm³/mol. The molecule has 0 aliphatic rings. The lowest BCUT2D eigenvalue weighted by Crippen LogP contribution is -2.13. The maximum Gasteiger partial charge on any atom is 0.0409 e. The maximum atomic E-state index is 6.08. The summed E-state index contributed by atoms with van der Waals surface area (Å²) < 4.78 is 0. The molecule has 0 fully saturated rings. The molecule has 0 bridgehead atoms. The van der Waals surface area contributed by atoms with Crippen LogP contribution < -0.4 is 5.73 Å². The molecule has 2 heteroatoms. The zero-order valence-electron chi connectivity index (χ0n) is 8.83. The third-order valence-electron chi connectivity index (χ3n) is 2.63. The van der Waals surface area contributed by atoms with Gasteiger partial charge in [0, 0.05) is 11.1 Å². The van der Waals surface area contributed by atoms with Gasteiger partial charge in [-0.1, -0.05) is 44.0 Å². The molecule has 0 spiro atoms. The molecule has 0 radical (unpaired) electrons. The van der Waals surface area contributed by atoms with Crippen LogP contribution in [0.4, 0.5) is 0 Å². The highest BCUT2D eigenvalue weighted by atomic mass is 35.5. The number of benzene rings is 1. The Kier molecular flexibility index (Phi) is 4.43. The molecule has 2 N–H and O–H groups in total. The van der Waals surface area contributed by atoms with Crippen molar-refractivity contribution < 1.29 is 0 Å². The van der Waals surface area contributed by atoms with E-state index in [0.29, 0.717) is 5.92 Å². The van der Waals surface area contributed by atoms with Crippen molar-refractivity contribution in [3.63, 3.8) is 0 Å². The van der Waals surface area contributed by atoms with Crippen LogP contribution in [0.25, 0.3) is 0 Å². The van der Waals surface area contributed by atoms with Crippen LogP contribution in [0.15, 0.2) is 24.3 Å². The Bertz CT molecular complexity index is 285. The highest BCUT2D eigenvalue weighted by Gasteiger charge is 2.09. The molecule has 1 aromatic rings. The van der Waals surface area contributed by atoms with Crippen molar-refractivity contribution in [3.8, 4) is 0 Å². The smallest absolute Gasteiger partial charge is 0.0409 e. The van der Waals surface area contributed by atoms with E-state index in [2.05, 4.69) is 13.8 Å². The van der Waals surface area contributed by atoms with Crippen molar-refractivity contribution in [3.05, 3.63) is 34.9 Å². The highest BCUT2D eigenvalue weighted by molar-refractivity contribution is 6.30. The van der Waals surface area contributed by atoms with Gasteiger partial charge in [0.1, 0.15) is 0 Å². The zero-order chi connectivity index (χ0) is 10.6. The monoisotopic (exact) mass is 211 g/mol. The molecule has 0 heterocycles. The van der Waals surface area contributed by atoms with Crippen molar-refractivity contribution in [1.82, 2.24) is 0 Å². The van der Waals surface area contributed by atoms with Gasteiger partial charge in [-0.05, 0) is 30.0 Å². The van der Waals surface area contributed by atoms with E-state index in [1.807, 2.05) is 24.3 Å². The second-order valence-corrected chi connectivity index (χ2v) is 4.35. The van der Waals surface area contributed by atoms with E-state index in [9.17, 15) is 0 Å². The van der Waals surface area contributed by atoms with Crippen LogP contribution in [0.2, 0.25) is 5.02 Å². The first-order valence-corrected chi connectivity index (χ1v) is 5.52. The van der Waals surface area contributed by atoms with Gasteiger partial charge in [-0.3, -0.25) is 0 Å². The first kappa shape index (κ1) is 11.5. The summed E-state index contributed by atoms with van der Waals surface area (Å²) in [7, 11) is 0. The minimum Gasteiger partial charge on any atom is -0.324 e. The Balaban J connectivity index is 2.64. The quantitative estimate of drug-likeness (QED) is 0.806. The van der Waals surface area contributed by atoms with E-state index in [1.54, 1.807) is 0 Å². The fourth-order valence-corrected chi connectivity index (χ4v) is 1.67. The van der Waals surface area contributed by atoms with Crippen molar-refractivity contribution in [2.24, 2.45) is 11.7 Å². The summed E-state index contributed by atoms with van der Waals surface area (Å²) in [6.07, 6.45) is 2.20. The van der Waals surface area contributed by atoms with E-state index < -0.39 is 0 Å². The van der Waals surface area contributed by atoms with E-state index >= 15 is 0 Å². The Morgan fingerprint density at radius 1 is 1.43 bits per heavy atom. The fourth-order valence-electron chi connectivity index (χ4n) is 1.47. The van der Waals surface area contributed by atoms with Crippen molar-refractivity contribution in [2.45, 2.75) is 32.7 Å². The molecule has 2 unspecified atom stereocenters. The molecule has 2 atom stereocenters. The molecular weight excluding hydrogens is 194 g/mol. The van der Waals surface area contributed by atoms with E-state index in [-0.39, 0.29) is 6.04 Å². The first-order valence-electron chi connectivity index (χ1n) is 5.14. The van der Waals surface area contributed by atoms with Crippen LogP contribution in [0.1, 0.15) is 38.3 Å². The molecule has 14 heavy (non-hydrogen) atoms. The van der Waals surface area contributed by atoms with Gasteiger partial charge in [0.05, 0.1) is 0 Å². The zero-order valence-corrected chi connectivity index (χ0v) is 9.59. The van der Waals surface area contributed by atoms with Crippen LogP contribution >= 0.6 is 11.6 Å². The van der Waals surface area contributed by atoms with Gasteiger partial charge in [-0.25, -0.2) is 0 Å². The second-order valence-electron chi connectivity index (χ2n) is 3.91. The van der Waals surface area contributed by atoms with Gasteiger partial charge >= 0.3 is 0 Å². The van der Waals surface area contributed by atoms with Crippen LogP contribution in [0, 0.1) is 5.92 Å². The SMILES string of the molecule is CCC(C)CC(N)c1cccc(Cl)c1. The lowest BCUT2D eigenvalue weighted by Gasteiger charge is -2.16. The minimum atomic E-state index is 0.114. The normalized spacial score (nSPS) is 15.1. The summed E-state index contributed by atoms with van der Waals surface area (Å²) in [6.45, 7) is 4.42. The van der Waals surface area contributed by atoms with E-state index in [0.717, 1.165) is 17.0 Å². The lowest BCUT2D eigenvalue weighted by atomic mass is 9.95. The number of hydrogen-bond acceptors (Lipinski definition) is 1. The maximum absolute atomic E-state index is 6.08. The van der Waals surface area contributed by atoms with Crippen molar-refractivity contribution >= 4 is 11.6 Å². The van der Waals surface area contributed by atoms with Gasteiger partial charge in [0.2, 0.25) is 0 Å². The van der Waals surface area contributed by atoms with Gasteiger partial charge in [-0.15, -0.1) is 0 Å². The van der Waals surface area contributed by atoms with Gasteiger partial charge in [0.25, 0.3) is 0 Å². The summed E-state index contributed by atoms with van der Waals surface area (Å²) in [5.74, 6) is 0.670. The van der Waals surface area contributed by atoms with Gasteiger partial charge < -0.3 is 5.73 Å². The molecule has 0 amide bonds. The Morgan fingerprint density at radius 3 is 2.71 bits per heavy atom. The number of nitrogens with two attached hydrogens (primary N) is 1. The summed E-state index contributed by atoms with van der Waals surface area (Å²) in [5, 5.41) is 0.766. The summed E-state index contributed by atoms with van der Waals surface area (Å²) in [4.78, 5) is 0. The molecular formula is C12H18ClN. The van der Waals surface area contributed by atoms with Crippen LogP contribution in [0.5, 0.6) is 0 Å². The molecule has 78 valence electrons. The molecule has 1 nitrogen and oxygen atoms in total. The number of halogens is 1. The Morgan fingerprint density at radius 2 is 2.14 bits per heavy atom. The minimum absolute atomic E-state index is 0.114. The predicted octanol–water partition coefficient (Wildman–Crippen LogP) is 3.78. The topological polar surface area (TPSA) is 26.0 Å². The van der Waals surface area contributed by atoms with Gasteiger partial charge in [0.15, 0.2) is 0 Å². The lowest BCUT2D eigenvalue weighted by molar-refractivity contribution is 0.461.